The van der Waals surface area contributed by atoms with Gasteiger partial charge in [0.1, 0.15) is 6.29 Å². The van der Waals surface area contributed by atoms with E-state index in [4.69, 9.17) is 5.73 Å². The van der Waals surface area contributed by atoms with Gasteiger partial charge in [0.25, 0.3) is 0 Å². The van der Waals surface area contributed by atoms with Crippen molar-refractivity contribution >= 4 is 18.0 Å². The van der Waals surface area contributed by atoms with Crippen LogP contribution in [0.1, 0.15) is 12.5 Å². The van der Waals surface area contributed by atoms with Crippen LogP contribution in [0.2, 0.25) is 0 Å². The van der Waals surface area contributed by atoms with Crippen LogP contribution in [0, 0.1) is 0 Å². The van der Waals surface area contributed by atoms with Crippen LogP contribution in [0.25, 0.3) is 6.08 Å². The topological polar surface area (TPSA) is 43.1 Å². The van der Waals surface area contributed by atoms with Crippen LogP contribution in [-0.4, -0.2) is 6.29 Å². The van der Waals surface area contributed by atoms with Gasteiger partial charge in [-0.05, 0) is 30.7 Å². The average Bonchev–Trinajstić information content (AvgIpc) is 2.18. The number of carbonyl (C=O) groups is 1. The highest BCUT2D eigenvalue weighted by Crippen LogP contribution is 2.10. The van der Waals surface area contributed by atoms with Crippen LogP contribution in [0.3, 0.4) is 0 Å². The van der Waals surface area contributed by atoms with Gasteiger partial charge in [-0.15, -0.1) is 0 Å². The summed E-state index contributed by atoms with van der Waals surface area (Å²) in [5.41, 5.74) is 8.42. The molecule has 0 atom stereocenters. The number of hydrogen-bond donors (Lipinski definition) is 1. The average molecular weight is 187 g/mol. The summed E-state index contributed by atoms with van der Waals surface area (Å²) in [6.45, 7) is 1.94. The highest BCUT2D eigenvalue weighted by atomic mass is 16.1. The minimum absolute atomic E-state index is 0.753. The molecule has 1 rings (SSSR count). The lowest BCUT2D eigenvalue weighted by molar-refractivity contribution is -0.104. The molecule has 0 amide bonds. The van der Waals surface area contributed by atoms with Gasteiger partial charge in [-0.2, -0.15) is 0 Å². The molecule has 1 aromatic carbocycles. The summed E-state index contributed by atoms with van der Waals surface area (Å²) in [6.07, 6.45) is 5.99. The van der Waals surface area contributed by atoms with E-state index in [0.29, 0.717) is 0 Å². The van der Waals surface area contributed by atoms with Gasteiger partial charge in [0.2, 0.25) is 0 Å². The molecule has 72 valence electrons. The highest BCUT2D eigenvalue weighted by Gasteiger charge is 1.88. The number of hydrogen-bond acceptors (Lipinski definition) is 2. The fraction of sp³-hybridized carbons (Fsp3) is 0.0833. The Hall–Kier alpha value is -1.83. The monoisotopic (exact) mass is 187 g/mol. The van der Waals surface area contributed by atoms with E-state index in [9.17, 15) is 4.79 Å². The smallest absolute Gasteiger partial charge is 0.142 e. The number of nitrogen functional groups attached to an aromatic ring is 1. The fourth-order valence-electron chi connectivity index (χ4n) is 1.09. The van der Waals surface area contributed by atoms with Crippen molar-refractivity contribution < 1.29 is 4.79 Å². The maximum Gasteiger partial charge on any atom is 0.142 e. The van der Waals surface area contributed by atoms with Crippen LogP contribution >= 0.6 is 0 Å². The minimum atomic E-state index is 0.753. The van der Waals surface area contributed by atoms with Gasteiger partial charge >= 0.3 is 0 Å². The Labute approximate surface area is 83.7 Å². The summed E-state index contributed by atoms with van der Waals surface area (Å²) in [5.74, 6) is 0. The molecule has 0 fully saturated rings. The molecule has 1 aromatic rings. The Morgan fingerprint density at radius 1 is 1.29 bits per heavy atom. The van der Waals surface area contributed by atoms with Gasteiger partial charge in [-0.25, -0.2) is 0 Å². The summed E-state index contributed by atoms with van der Waals surface area (Å²) >= 11 is 0. The second kappa shape index (κ2) is 5.02. The van der Waals surface area contributed by atoms with E-state index in [1.165, 1.54) is 6.08 Å². The van der Waals surface area contributed by atoms with Gasteiger partial charge in [0.15, 0.2) is 0 Å². The summed E-state index contributed by atoms with van der Waals surface area (Å²) in [4.78, 5) is 10.1. The largest absolute Gasteiger partial charge is 0.399 e. The lowest BCUT2D eigenvalue weighted by Gasteiger charge is -1.96. The van der Waals surface area contributed by atoms with Crippen LogP contribution in [0.15, 0.2) is 42.0 Å². The third-order valence-electron chi connectivity index (χ3n) is 1.77. The Bertz CT molecular complexity index is 360. The molecule has 0 heterocycles. The third-order valence-corrected chi connectivity index (χ3v) is 1.77. The molecular weight excluding hydrogens is 174 g/mol. The van der Waals surface area contributed by atoms with Gasteiger partial charge in [0, 0.05) is 5.69 Å². The zero-order valence-electron chi connectivity index (χ0n) is 8.10. The molecular formula is C12H13NO. The first-order valence-electron chi connectivity index (χ1n) is 4.38. The first-order valence-corrected chi connectivity index (χ1v) is 4.38. The van der Waals surface area contributed by atoms with E-state index in [2.05, 4.69) is 0 Å². The summed E-state index contributed by atoms with van der Waals surface area (Å²) in [6, 6.07) is 7.58. The molecule has 0 unspecified atom stereocenters. The molecule has 14 heavy (non-hydrogen) atoms. The second-order valence-corrected chi connectivity index (χ2v) is 3.05. The van der Waals surface area contributed by atoms with E-state index < -0.39 is 0 Å². The van der Waals surface area contributed by atoms with Crippen molar-refractivity contribution in [2.24, 2.45) is 0 Å². The standard InChI is InChI=1S/C12H13NO/c1-10(3-2-8-14)9-11-4-6-12(13)7-5-11/h2-9H,13H2,1H3/b3-2+,10-9+. The van der Waals surface area contributed by atoms with Crippen LogP contribution in [0.4, 0.5) is 5.69 Å². The van der Waals surface area contributed by atoms with E-state index in [0.717, 1.165) is 23.1 Å². The second-order valence-electron chi connectivity index (χ2n) is 3.05. The van der Waals surface area contributed by atoms with Crippen LogP contribution in [0.5, 0.6) is 0 Å². The van der Waals surface area contributed by atoms with Crippen molar-refractivity contribution in [3.05, 3.63) is 47.6 Å². The highest BCUT2D eigenvalue weighted by molar-refractivity contribution is 5.67. The predicted octanol–water partition coefficient (Wildman–Crippen LogP) is 2.43. The number of carbonyl (C=O) groups excluding carboxylic acids is 1. The number of nitrogens with two attached hydrogens (primary N) is 1. The molecule has 2 nitrogen and oxygen atoms in total. The Morgan fingerprint density at radius 2 is 1.93 bits per heavy atom. The molecule has 0 aliphatic heterocycles. The molecule has 0 radical (unpaired) electrons. The lowest BCUT2D eigenvalue weighted by Crippen LogP contribution is -1.83. The molecule has 2 N–H and O–H groups in total. The fourth-order valence-corrected chi connectivity index (χ4v) is 1.09. The van der Waals surface area contributed by atoms with Crippen molar-refractivity contribution in [1.82, 2.24) is 0 Å². The van der Waals surface area contributed by atoms with Crippen LogP contribution < -0.4 is 5.73 Å². The molecule has 2 heteroatoms. The lowest BCUT2D eigenvalue weighted by atomic mass is 10.1. The molecule has 0 spiro atoms. The van der Waals surface area contributed by atoms with Crippen molar-refractivity contribution in [3.8, 4) is 0 Å². The Kier molecular flexibility index (Phi) is 3.68. The molecule has 0 saturated heterocycles. The first kappa shape index (κ1) is 10.3. The summed E-state index contributed by atoms with van der Waals surface area (Å²) < 4.78 is 0. The van der Waals surface area contributed by atoms with Crippen molar-refractivity contribution in [3.63, 3.8) is 0 Å². The number of benzene rings is 1. The van der Waals surface area contributed by atoms with Gasteiger partial charge in [-0.1, -0.05) is 29.9 Å². The molecule has 0 saturated carbocycles. The first-order chi connectivity index (χ1) is 6.72. The predicted molar refractivity (Wildman–Crippen MR) is 59.7 cm³/mol. The maximum atomic E-state index is 10.1. The Balaban J connectivity index is 2.81. The molecule has 0 aromatic heterocycles. The third kappa shape index (κ3) is 3.27. The quantitative estimate of drug-likeness (QED) is 0.342. The number of aldehydes is 1. The number of anilines is 1. The van der Waals surface area contributed by atoms with Gasteiger partial charge < -0.3 is 5.73 Å². The normalized spacial score (nSPS) is 11.9. The van der Waals surface area contributed by atoms with Gasteiger partial charge in [0.05, 0.1) is 0 Å². The number of rotatable bonds is 3. The minimum Gasteiger partial charge on any atom is -0.399 e. The van der Waals surface area contributed by atoms with Gasteiger partial charge in [-0.3, -0.25) is 4.79 Å². The molecule has 0 aliphatic rings. The van der Waals surface area contributed by atoms with Crippen molar-refractivity contribution in [2.45, 2.75) is 6.92 Å². The molecule has 0 bridgehead atoms. The van der Waals surface area contributed by atoms with E-state index >= 15 is 0 Å². The SMILES string of the molecule is CC(/C=C/C=O)=C\c1ccc(N)cc1. The maximum absolute atomic E-state index is 10.1. The van der Waals surface area contributed by atoms with E-state index in [-0.39, 0.29) is 0 Å². The summed E-state index contributed by atoms with van der Waals surface area (Å²) in [5, 5.41) is 0. The van der Waals surface area contributed by atoms with Crippen molar-refractivity contribution in [1.29, 1.82) is 0 Å². The zero-order chi connectivity index (χ0) is 10.4. The number of allylic oxidation sites excluding steroid dienone is 3. The van der Waals surface area contributed by atoms with E-state index in [1.54, 1.807) is 6.08 Å². The molecule has 0 aliphatic carbocycles. The Morgan fingerprint density at radius 3 is 2.50 bits per heavy atom. The summed E-state index contributed by atoms with van der Waals surface area (Å²) in [7, 11) is 0. The van der Waals surface area contributed by atoms with E-state index in [1.807, 2.05) is 37.3 Å². The van der Waals surface area contributed by atoms with Crippen molar-refractivity contribution in [2.75, 3.05) is 5.73 Å². The zero-order valence-corrected chi connectivity index (χ0v) is 8.10. The van der Waals surface area contributed by atoms with Crippen LogP contribution in [-0.2, 0) is 4.79 Å².